The van der Waals surface area contributed by atoms with Crippen molar-refractivity contribution >= 4 is 30.7 Å². The van der Waals surface area contributed by atoms with Crippen molar-refractivity contribution in [1.82, 2.24) is 15.1 Å². The molecule has 0 radical (unpaired) electrons. The summed E-state index contributed by atoms with van der Waals surface area (Å²) in [6, 6.07) is 10.1. The molecular formula is C20H33Cl2N3O. The SMILES string of the molecule is CCN(CC)C(C(=O)N1CCC2(CCNC2)CC1)c1ccccc1.Cl.Cl. The second-order valence-electron chi connectivity index (χ2n) is 7.29. The molecular weight excluding hydrogens is 369 g/mol. The van der Waals surface area contributed by atoms with E-state index in [2.05, 4.69) is 41.1 Å². The molecule has 0 aromatic heterocycles. The Morgan fingerprint density at radius 1 is 1.12 bits per heavy atom. The van der Waals surface area contributed by atoms with Crippen LogP contribution in [0.4, 0.5) is 0 Å². The molecule has 26 heavy (non-hydrogen) atoms. The first-order valence-electron chi connectivity index (χ1n) is 9.47. The van der Waals surface area contributed by atoms with Gasteiger partial charge in [0.2, 0.25) is 5.91 Å². The lowest BCUT2D eigenvalue weighted by atomic mass is 9.77. The molecule has 1 aromatic carbocycles. The number of carbonyl (C=O) groups is 1. The summed E-state index contributed by atoms with van der Waals surface area (Å²) in [5, 5.41) is 3.50. The van der Waals surface area contributed by atoms with E-state index in [0.29, 0.717) is 5.41 Å². The minimum atomic E-state index is -0.142. The summed E-state index contributed by atoms with van der Waals surface area (Å²) in [5.74, 6) is 0.283. The van der Waals surface area contributed by atoms with E-state index in [1.54, 1.807) is 0 Å². The number of nitrogens with one attached hydrogen (secondary N) is 1. The topological polar surface area (TPSA) is 35.6 Å². The molecule has 1 spiro atoms. The van der Waals surface area contributed by atoms with Crippen LogP contribution in [0, 0.1) is 5.41 Å². The Labute approximate surface area is 170 Å². The predicted molar refractivity (Wildman–Crippen MR) is 112 cm³/mol. The summed E-state index contributed by atoms with van der Waals surface area (Å²) in [4.78, 5) is 17.7. The largest absolute Gasteiger partial charge is 0.341 e. The lowest BCUT2D eigenvalue weighted by molar-refractivity contribution is -0.139. The van der Waals surface area contributed by atoms with Crippen molar-refractivity contribution in [3.8, 4) is 0 Å². The molecule has 2 heterocycles. The van der Waals surface area contributed by atoms with Gasteiger partial charge >= 0.3 is 0 Å². The van der Waals surface area contributed by atoms with Crippen LogP contribution >= 0.6 is 24.8 Å². The summed E-state index contributed by atoms with van der Waals surface area (Å²) >= 11 is 0. The third-order valence-corrected chi connectivity index (χ3v) is 5.99. The molecule has 1 atom stereocenters. The zero-order valence-corrected chi connectivity index (χ0v) is 17.6. The van der Waals surface area contributed by atoms with Crippen LogP contribution in [0.5, 0.6) is 0 Å². The van der Waals surface area contributed by atoms with Gasteiger partial charge in [0, 0.05) is 19.6 Å². The Kier molecular flexibility index (Phi) is 9.39. The predicted octanol–water partition coefficient (Wildman–Crippen LogP) is 3.52. The highest BCUT2D eigenvalue weighted by molar-refractivity contribution is 5.85. The van der Waals surface area contributed by atoms with Crippen LogP contribution in [0.25, 0.3) is 0 Å². The summed E-state index contributed by atoms with van der Waals surface area (Å²) in [7, 11) is 0. The molecule has 0 aliphatic carbocycles. The summed E-state index contributed by atoms with van der Waals surface area (Å²) in [5.41, 5.74) is 1.57. The Bertz CT molecular complexity index is 535. The molecule has 1 amide bonds. The first kappa shape index (κ1) is 23.2. The average Bonchev–Trinajstić information content (AvgIpc) is 3.08. The fraction of sp³-hybridized carbons (Fsp3) is 0.650. The van der Waals surface area contributed by atoms with E-state index >= 15 is 0 Å². The maximum Gasteiger partial charge on any atom is 0.244 e. The Balaban J connectivity index is 0.00000169. The smallest absolute Gasteiger partial charge is 0.244 e. The van der Waals surface area contributed by atoms with Crippen molar-refractivity contribution in [2.24, 2.45) is 5.41 Å². The van der Waals surface area contributed by atoms with Gasteiger partial charge in [-0.3, -0.25) is 9.69 Å². The Hall–Kier alpha value is -0.810. The number of rotatable bonds is 5. The minimum Gasteiger partial charge on any atom is -0.341 e. The number of nitrogens with zero attached hydrogens (tertiary/aromatic N) is 2. The first-order valence-corrected chi connectivity index (χ1v) is 9.47. The van der Waals surface area contributed by atoms with Crippen LogP contribution in [0.1, 0.15) is 44.7 Å². The lowest BCUT2D eigenvalue weighted by Crippen LogP contribution is -2.48. The number of hydrogen-bond acceptors (Lipinski definition) is 3. The number of amides is 1. The molecule has 1 unspecified atom stereocenters. The number of halogens is 2. The van der Waals surface area contributed by atoms with Gasteiger partial charge in [-0.2, -0.15) is 0 Å². The normalized spacial score (nSPS) is 19.7. The Morgan fingerprint density at radius 3 is 2.23 bits per heavy atom. The molecule has 6 heteroatoms. The van der Waals surface area contributed by atoms with E-state index in [9.17, 15) is 4.79 Å². The van der Waals surface area contributed by atoms with Crippen LogP contribution in [0.3, 0.4) is 0 Å². The first-order chi connectivity index (χ1) is 11.7. The monoisotopic (exact) mass is 401 g/mol. The minimum absolute atomic E-state index is 0. The molecule has 0 saturated carbocycles. The zero-order chi connectivity index (χ0) is 17.0. The highest BCUT2D eigenvalue weighted by Crippen LogP contribution is 2.38. The van der Waals surface area contributed by atoms with Gasteiger partial charge in [0.15, 0.2) is 0 Å². The quantitative estimate of drug-likeness (QED) is 0.819. The summed E-state index contributed by atoms with van der Waals surface area (Å²) < 4.78 is 0. The maximum absolute atomic E-state index is 13.3. The standard InChI is InChI=1S/C20H31N3O.2ClH/c1-3-22(4-2)18(17-8-6-5-7-9-17)19(24)23-14-11-20(12-15-23)10-13-21-16-20;;/h5-9,18,21H,3-4,10-16H2,1-2H3;2*1H. The van der Waals surface area contributed by atoms with Crippen LogP contribution in [0.2, 0.25) is 0 Å². The van der Waals surface area contributed by atoms with E-state index in [0.717, 1.165) is 57.7 Å². The van der Waals surface area contributed by atoms with Crippen LogP contribution in [-0.4, -0.2) is 55.0 Å². The Morgan fingerprint density at radius 2 is 1.73 bits per heavy atom. The van der Waals surface area contributed by atoms with Gasteiger partial charge in [-0.05, 0) is 49.9 Å². The maximum atomic E-state index is 13.3. The molecule has 2 aliphatic heterocycles. The molecule has 3 rings (SSSR count). The zero-order valence-electron chi connectivity index (χ0n) is 15.9. The van der Waals surface area contributed by atoms with Crippen molar-refractivity contribution in [2.75, 3.05) is 39.3 Å². The van der Waals surface area contributed by atoms with Gasteiger partial charge in [0.05, 0.1) is 0 Å². The number of hydrogen-bond donors (Lipinski definition) is 1. The fourth-order valence-corrected chi connectivity index (χ4v) is 4.33. The highest BCUT2D eigenvalue weighted by atomic mass is 35.5. The van der Waals surface area contributed by atoms with E-state index in [1.807, 2.05) is 18.2 Å². The van der Waals surface area contributed by atoms with Gasteiger partial charge < -0.3 is 10.2 Å². The number of carbonyl (C=O) groups excluding carboxylic acids is 1. The molecule has 148 valence electrons. The molecule has 1 N–H and O–H groups in total. The molecule has 2 aliphatic rings. The molecule has 4 nitrogen and oxygen atoms in total. The van der Waals surface area contributed by atoms with E-state index < -0.39 is 0 Å². The van der Waals surface area contributed by atoms with Crippen molar-refractivity contribution in [1.29, 1.82) is 0 Å². The third kappa shape index (κ3) is 4.92. The number of piperidine rings is 1. The van der Waals surface area contributed by atoms with Crippen molar-refractivity contribution in [3.05, 3.63) is 35.9 Å². The lowest BCUT2D eigenvalue weighted by Gasteiger charge is -2.41. The van der Waals surface area contributed by atoms with Gasteiger partial charge in [-0.15, -0.1) is 24.8 Å². The number of likely N-dealkylation sites (tertiary alicyclic amines) is 1. The van der Waals surface area contributed by atoms with Crippen molar-refractivity contribution < 1.29 is 4.79 Å². The number of likely N-dealkylation sites (N-methyl/N-ethyl adjacent to an activating group) is 1. The van der Waals surface area contributed by atoms with Crippen molar-refractivity contribution in [2.45, 2.75) is 39.2 Å². The number of benzene rings is 1. The molecule has 0 bridgehead atoms. The second-order valence-corrected chi connectivity index (χ2v) is 7.29. The van der Waals surface area contributed by atoms with E-state index in [1.165, 1.54) is 6.42 Å². The van der Waals surface area contributed by atoms with E-state index in [4.69, 9.17) is 0 Å². The second kappa shape index (κ2) is 10.5. The van der Waals surface area contributed by atoms with Gasteiger partial charge in [-0.25, -0.2) is 0 Å². The molecule has 1 aromatic rings. The highest BCUT2D eigenvalue weighted by Gasteiger charge is 2.40. The van der Waals surface area contributed by atoms with Gasteiger partial charge in [0.1, 0.15) is 6.04 Å². The fourth-order valence-electron chi connectivity index (χ4n) is 4.33. The van der Waals surface area contributed by atoms with Crippen LogP contribution < -0.4 is 5.32 Å². The van der Waals surface area contributed by atoms with Crippen molar-refractivity contribution in [3.63, 3.8) is 0 Å². The molecule has 2 saturated heterocycles. The van der Waals surface area contributed by atoms with Crippen LogP contribution in [-0.2, 0) is 4.79 Å². The average molecular weight is 402 g/mol. The third-order valence-electron chi connectivity index (χ3n) is 5.99. The summed E-state index contributed by atoms with van der Waals surface area (Å²) in [6.07, 6.45) is 3.56. The van der Waals surface area contributed by atoms with Gasteiger partial charge in [0.25, 0.3) is 0 Å². The van der Waals surface area contributed by atoms with Crippen LogP contribution in [0.15, 0.2) is 30.3 Å². The molecule has 2 fully saturated rings. The van der Waals surface area contributed by atoms with E-state index in [-0.39, 0.29) is 36.8 Å². The summed E-state index contributed by atoms with van der Waals surface area (Å²) in [6.45, 7) is 10.2. The van der Waals surface area contributed by atoms with Gasteiger partial charge in [-0.1, -0.05) is 44.2 Å².